The molecule has 5 heteroatoms. The first-order chi connectivity index (χ1) is 8.36. The van der Waals surface area contributed by atoms with Crippen molar-refractivity contribution < 1.29 is 24.2 Å². The number of aliphatic hydroxyl groups is 1. The third kappa shape index (κ3) is 7.84. The summed E-state index contributed by atoms with van der Waals surface area (Å²) in [7, 11) is 0. The van der Waals surface area contributed by atoms with E-state index >= 15 is 0 Å². The van der Waals surface area contributed by atoms with E-state index in [2.05, 4.69) is 11.3 Å². The maximum Gasteiger partial charge on any atom is 0.333 e. The summed E-state index contributed by atoms with van der Waals surface area (Å²) in [5, 5.41) is 9.26. The molecule has 104 valence electrons. The van der Waals surface area contributed by atoms with Gasteiger partial charge in [0.25, 0.3) is 0 Å². The third-order valence-corrected chi connectivity index (χ3v) is 2.00. The molecule has 5 nitrogen and oxygen atoms in total. The van der Waals surface area contributed by atoms with Crippen molar-refractivity contribution in [2.45, 2.75) is 46.3 Å². The fourth-order valence-corrected chi connectivity index (χ4v) is 1.09. The van der Waals surface area contributed by atoms with E-state index in [-0.39, 0.29) is 24.5 Å². The minimum atomic E-state index is -1.12. The summed E-state index contributed by atoms with van der Waals surface area (Å²) in [6, 6.07) is 0. The summed E-state index contributed by atoms with van der Waals surface area (Å²) in [6.45, 7) is 9.43. The van der Waals surface area contributed by atoms with Gasteiger partial charge in [0.05, 0.1) is 13.0 Å². The Morgan fingerprint density at radius 2 is 1.94 bits per heavy atom. The highest BCUT2D eigenvalue weighted by atomic mass is 16.6. The third-order valence-electron chi connectivity index (χ3n) is 2.00. The summed E-state index contributed by atoms with van der Waals surface area (Å²) in [4.78, 5) is 22.7. The number of hydrogen-bond acceptors (Lipinski definition) is 5. The predicted molar refractivity (Wildman–Crippen MR) is 66.6 cm³/mol. The minimum absolute atomic E-state index is 0.0318. The topological polar surface area (TPSA) is 72.8 Å². The molecule has 0 spiro atoms. The second kappa shape index (κ2) is 8.69. The molecule has 0 rings (SSSR count). The van der Waals surface area contributed by atoms with Crippen LogP contribution in [0, 0.1) is 5.92 Å². The van der Waals surface area contributed by atoms with E-state index in [4.69, 9.17) is 4.74 Å². The van der Waals surface area contributed by atoms with E-state index in [0.29, 0.717) is 12.8 Å². The number of ether oxygens (including phenoxy) is 2. The van der Waals surface area contributed by atoms with Crippen LogP contribution >= 0.6 is 0 Å². The van der Waals surface area contributed by atoms with Crippen LogP contribution in [0.15, 0.2) is 12.2 Å². The highest BCUT2D eigenvalue weighted by molar-refractivity contribution is 5.93. The summed E-state index contributed by atoms with van der Waals surface area (Å²) in [6.07, 6.45) is -0.318. The van der Waals surface area contributed by atoms with Crippen molar-refractivity contribution >= 4 is 11.9 Å². The van der Waals surface area contributed by atoms with Gasteiger partial charge in [-0.15, -0.1) is 0 Å². The molecule has 0 aliphatic rings. The normalized spacial score (nSPS) is 12.1. The van der Waals surface area contributed by atoms with Crippen LogP contribution in [0.5, 0.6) is 0 Å². The first kappa shape index (κ1) is 16.6. The lowest BCUT2D eigenvalue weighted by Crippen LogP contribution is -2.20. The number of carbonyl (C=O) groups excluding carboxylic acids is 2. The van der Waals surface area contributed by atoms with E-state index in [1.165, 1.54) is 0 Å². The fraction of sp³-hybridized carbons (Fsp3) is 0.692. The minimum Gasteiger partial charge on any atom is -0.462 e. The van der Waals surface area contributed by atoms with E-state index < -0.39 is 18.2 Å². The molecule has 0 amide bonds. The molecule has 0 saturated carbocycles. The largest absolute Gasteiger partial charge is 0.462 e. The molecular weight excluding hydrogens is 236 g/mol. The van der Waals surface area contributed by atoms with Crippen LogP contribution in [0.1, 0.15) is 40.0 Å². The summed E-state index contributed by atoms with van der Waals surface area (Å²) in [5.41, 5.74) is 0.0318. The lowest BCUT2D eigenvalue weighted by atomic mass is 10.2. The summed E-state index contributed by atoms with van der Waals surface area (Å²) < 4.78 is 9.60. The van der Waals surface area contributed by atoms with Crippen molar-refractivity contribution in [2.75, 3.05) is 6.61 Å². The first-order valence-electron chi connectivity index (χ1n) is 6.09. The van der Waals surface area contributed by atoms with Crippen molar-refractivity contribution in [2.24, 2.45) is 5.92 Å². The quantitative estimate of drug-likeness (QED) is 0.408. The lowest BCUT2D eigenvalue weighted by Gasteiger charge is -2.12. The van der Waals surface area contributed by atoms with Crippen LogP contribution in [0.3, 0.4) is 0 Å². The van der Waals surface area contributed by atoms with Gasteiger partial charge in [0.15, 0.2) is 0 Å². The molecule has 1 unspecified atom stereocenters. The molecule has 1 N–H and O–H groups in total. The Labute approximate surface area is 108 Å². The maximum atomic E-state index is 11.4. The smallest absolute Gasteiger partial charge is 0.333 e. The van der Waals surface area contributed by atoms with Crippen molar-refractivity contribution in [3.8, 4) is 0 Å². The van der Waals surface area contributed by atoms with Gasteiger partial charge in [0, 0.05) is 12.0 Å². The molecule has 0 aliphatic heterocycles. The second-order valence-corrected chi connectivity index (χ2v) is 4.51. The number of rotatable bonds is 8. The van der Waals surface area contributed by atoms with Crippen molar-refractivity contribution in [1.29, 1.82) is 0 Å². The van der Waals surface area contributed by atoms with Gasteiger partial charge in [-0.05, 0) is 5.92 Å². The molecule has 0 aromatic carbocycles. The Hall–Kier alpha value is -1.36. The molecule has 18 heavy (non-hydrogen) atoms. The summed E-state index contributed by atoms with van der Waals surface area (Å²) >= 11 is 0. The highest BCUT2D eigenvalue weighted by Crippen LogP contribution is 2.07. The van der Waals surface area contributed by atoms with Gasteiger partial charge in [-0.3, -0.25) is 4.79 Å². The molecule has 0 bridgehead atoms. The molecule has 0 aliphatic carbocycles. The molecule has 0 fully saturated rings. The van der Waals surface area contributed by atoms with E-state index in [0.717, 1.165) is 0 Å². The maximum absolute atomic E-state index is 11.4. The molecule has 0 saturated heterocycles. The molecule has 0 aromatic heterocycles. The van der Waals surface area contributed by atoms with Crippen LogP contribution in [0.25, 0.3) is 0 Å². The van der Waals surface area contributed by atoms with Crippen molar-refractivity contribution in [3.63, 3.8) is 0 Å². The Bertz CT molecular complexity index is 296. The highest BCUT2D eigenvalue weighted by Gasteiger charge is 2.17. The molecule has 0 aromatic rings. The molecular formula is C13H22O5. The van der Waals surface area contributed by atoms with Gasteiger partial charge >= 0.3 is 11.9 Å². The fourth-order valence-electron chi connectivity index (χ4n) is 1.09. The van der Waals surface area contributed by atoms with Gasteiger partial charge in [-0.1, -0.05) is 33.8 Å². The van der Waals surface area contributed by atoms with E-state index in [1.807, 2.05) is 20.8 Å². The predicted octanol–water partition coefficient (Wildman–Crippen LogP) is 1.79. The first-order valence-corrected chi connectivity index (χ1v) is 6.09. The van der Waals surface area contributed by atoms with Gasteiger partial charge in [-0.2, -0.15) is 0 Å². The average molecular weight is 258 g/mol. The second-order valence-electron chi connectivity index (χ2n) is 4.51. The zero-order chi connectivity index (χ0) is 14.1. The van der Waals surface area contributed by atoms with Gasteiger partial charge in [-0.25, -0.2) is 4.79 Å². The van der Waals surface area contributed by atoms with Crippen LogP contribution in [-0.2, 0) is 19.1 Å². The number of esters is 2. The van der Waals surface area contributed by atoms with Crippen molar-refractivity contribution in [1.82, 2.24) is 0 Å². The van der Waals surface area contributed by atoms with Crippen LogP contribution in [-0.4, -0.2) is 29.9 Å². The van der Waals surface area contributed by atoms with E-state index in [1.54, 1.807) is 0 Å². The zero-order valence-corrected chi connectivity index (χ0v) is 11.3. The monoisotopic (exact) mass is 258 g/mol. The van der Waals surface area contributed by atoms with Crippen LogP contribution in [0.2, 0.25) is 0 Å². The average Bonchev–Trinajstić information content (AvgIpc) is 2.25. The number of aliphatic hydroxyl groups excluding tert-OH is 1. The van der Waals surface area contributed by atoms with Gasteiger partial charge in [0.2, 0.25) is 6.29 Å². The van der Waals surface area contributed by atoms with Crippen LogP contribution < -0.4 is 0 Å². The van der Waals surface area contributed by atoms with Gasteiger partial charge < -0.3 is 14.6 Å². The van der Waals surface area contributed by atoms with E-state index in [9.17, 15) is 14.7 Å². The Balaban J connectivity index is 3.99. The summed E-state index contributed by atoms with van der Waals surface area (Å²) in [5.74, 6) is -1.06. The lowest BCUT2D eigenvalue weighted by molar-refractivity contribution is -0.168. The Kier molecular flexibility index (Phi) is 8.03. The molecule has 1 atom stereocenters. The zero-order valence-electron chi connectivity index (χ0n) is 11.3. The molecule has 0 heterocycles. The standard InChI is InChI=1S/C13H22O5/c1-5-6-11(14)18-12(15)7-10(4)13(16)17-8-9(2)3/h9,11,14H,4-8H2,1-3H3. The Morgan fingerprint density at radius 1 is 1.33 bits per heavy atom. The van der Waals surface area contributed by atoms with Crippen LogP contribution in [0.4, 0.5) is 0 Å². The number of hydrogen-bond donors (Lipinski definition) is 1. The van der Waals surface area contributed by atoms with Gasteiger partial charge in [0.1, 0.15) is 0 Å². The SMILES string of the molecule is C=C(CC(=O)OC(O)CCC)C(=O)OCC(C)C. The molecule has 0 radical (unpaired) electrons. The van der Waals surface area contributed by atoms with Crippen molar-refractivity contribution in [3.05, 3.63) is 12.2 Å². The Morgan fingerprint density at radius 3 is 2.44 bits per heavy atom. The number of carbonyl (C=O) groups is 2.